The van der Waals surface area contributed by atoms with E-state index in [0.717, 1.165) is 22.3 Å². The molecule has 0 saturated heterocycles. The molecule has 0 bridgehead atoms. The van der Waals surface area contributed by atoms with Crippen LogP contribution in [0.5, 0.6) is 0 Å². The summed E-state index contributed by atoms with van der Waals surface area (Å²) in [6.45, 7) is 1.88. The number of aryl methyl sites for hydroxylation is 1. The van der Waals surface area contributed by atoms with Crippen molar-refractivity contribution in [3.05, 3.63) is 41.5 Å². The van der Waals surface area contributed by atoms with Gasteiger partial charge in [-0.25, -0.2) is 9.97 Å². The third-order valence-electron chi connectivity index (χ3n) is 2.28. The van der Waals surface area contributed by atoms with Gasteiger partial charge in [0.2, 0.25) is 0 Å². The fourth-order valence-electron chi connectivity index (χ4n) is 1.47. The first-order valence-electron chi connectivity index (χ1n) is 5.38. The Balaban J connectivity index is 1.82. The highest BCUT2D eigenvalue weighted by atomic mass is 32.1. The molecule has 0 radical (unpaired) electrons. The molecule has 0 spiro atoms. The van der Waals surface area contributed by atoms with E-state index >= 15 is 0 Å². The lowest BCUT2D eigenvalue weighted by molar-refractivity contribution is 0.426. The Morgan fingerprint density at radius 2 is 2.28 bits per heavy atom. The summed E-state index contributed by atoms with van der Waals surface area (Å²) in [6.07, 6.45) is 1.73. The highest BCUT2D eigenvalue weighted by molar-refractivity contribution is 7.14. The Kier molecular flexibility index (Phi) is 2.77. The van der Waals surface area contributed by atoms with Gasteiger partial charge >= 0.3 is 0 Å². The van der Waals surface area contributed by atoms with Gasteiger partial charge in [-0.3, -0.25) is 0 Å². The van der Waals surface area contributed by atoms with E-state index in [2.05, 4.69) is 20.4 Å². The number of nitrogens with zero attached hydrogens (tertiary/aromatic N) is 3. The van der Waals surface area contributed by atoms with Crippen molar-refractivity contribution in [2.45, 2.75) is 6.92 Å². The first-order chi connectivity index (χ1) is 8.81. The standard InChI is InChI=1S/C12H10N4OS/c1-8-6-10(17-16-8)9-7-18-12(14-9)15-11-4-2-3-5-13-11/h2-7H,1H3,(H,13,14,15). The quantitative estimate of drug-likeness (QED) is 0.781. The maximum atomic E-state index is 5.16. The van der Waals surface area contributed by atoms with E-state index in [4.69, 9.17) is 4.52 Å². The maximum Gasteiger partial charge on any atom is 0.188 e. The largest absolute Gasteiger partial charge is 0.354 e. The second kappa shape index (κ2) is 4.58. The average molecular weight is 258 g/mol. The molecular weight excluding hydrogens is 248 g/mol. The molecule has 0 aliphatic carbocycles. The lowest BCUT2D eigenvalue weighted by atomic mass is 10.3. The Bertz CT molecular complexity index is 647. The van der Waals surface area contributed by atoms with Crippen LogP contribution in [0.15, 0.2) is 40.4 Å². The minimum Gasteiger partial charge on any atom is -0.354 e. The summed E-state index contributed by atoms with van der Waals surface area (Å²) < 4.78 is 5.16. The summed E-state index contributed by atoms with van der Waals surface area (Å²) in [4.78, 5) is 8.60. The molecule has 6 heteroatoms. The SMILES string of the molecule is Cc1cc(-c2csc(Nc3ccccn3)n2)on1. The highest BCUT2D eigenvalue weighted by Gasteiger charge is 2.09. The van der Waals surface area contributed by atoms with Crippen LogP contribution in [-0.4, -0.2) is 15.1 Å². The summed E-state index contributed by atoms with van der Waals surface area (Å²) >= 11 is 1.50. The van der Waals surface area contributed by atoms with Gasteiger partial charge in [-0.15, -0.1) is 11.3 Å². The topological polar surface area (TPSA) is 63.8 Å². The molecule has 5 nitrogen and oxygen atoms in total. The van der Waals surface area contributed by atoms with Crippen LogP contribution in [0.25, 0.3) is 11.5 Å². The first kappa shape index (κ1) is 10.9. The zero-order valence-electron chi connectivity index (χ0n) is 9.62. The second-order valence-corrected chi connectivity index (χ2v) is 4.57. The Morgan fingerprint density at radius 1 is 1.33 bits per heavy atom. The smallest absolute Gasteiger partial charge is 0.188 e. The van der Waals surface area contributed by atoms with Gasteiger partial charge in [0.25, 0.3) is 0 Å². The van der Waals surface area contributed by atoms with Crippen molar-refractivity contribution < 1.29 is 4.52 Å². The van der Waals surface area contributed by atoms with Crippen molar-refractivity contribution in [3.63, 3.8) is 0 Å². The third-order valence-corrected chi connectivity index (χ3v) is 3.04. The summed E-state index contributed by atoms with van der Waals surface area (Å²) in [7, 11) is 0. The molecule has 0 aliphatic rings. The van der Waals surface area contributed by atoms with Crippen molar-refractivity contribution in [1.29, 1.82) is 0 Å². The van der Waals surface area contributed by atoms with E-state index in [1.54, 1.807) is 6.20 Å². The fourth-order valence-corrected chi connectivity index (χ4v) is 2.18. The number of aromatic nitrogens is 3. The van der Waals surface area contributed by atoms with Crippen molar-refractivity contribution >= 4 is 22.3 Å². The molecule has 3 heterocycles. The molecule has 90 valence electrons. The summed E-state index contributed by atoms with van der Waals surface area (Å²) in [6, 6.07) is 7.54. The molecule has 0 atom stereocenters. The van der Waals surface area contributed by atoms with Crippen molar-refractivity contribution in [2.24, 2.45) is 0 Å². The summed E-state index contributed by atoms with van der Waals surface area (Å²) in [5, 5.41) is 9.68. The molecule has 0 unspecified atom stereocenters. The van der Waals surface area contributed by atoms with E-state index in [0.29, 0.717) is 5.76 Å². The Morgan fingerprint density at radius 3 is 3.00 bits per heavy atom. The van der Waals surface area contributed by atoms with Crippen LogP contribution in [0, 0.1) is 6.92 Å². The van der Waals surface area contributed by atoms with Crippen LogP contribution >= 0.6 is 11.3 Å². The van der Waals surface area contributed by atoms with Gasteiger partial charge in [0, 0.05) is 17.6 Å². The van der Waals surface area contributed by atoms with E-state index in [-0.39, 0.29) is 0 Å². The third kappa shape index (κ3) is 2.23. The number of hydrogen-bond donors (Lipinski definition) is 1. The Hall–Kier alpha value is -2.21. The van der Waals surface area contributed by atoms with Gasteiger partial charge in [-0.1, -0.05) is 11.2 Å². The molecular formula is C12H10N4OS. The molecule has 1 N–H and O–H groups in total. The van der Waals surface area contributed by atoms with Gasteiger partial charge in [-0.05, 0) is 19.1 Å². The molecule has 0 saturated carbocycles. The van der Waals surface area contributed by atoms with Crippen molar-refractivity contribution in [3.8, 4) is 11.5 Å². The van der Waals surface area contributed by atoms with Gasteiger partial charge in [-0.2, -0.15) is 0 Å². The molecule has 3 rings (SSSR count). The zero-order chi connectivity index (χ0) is 12.4. The zero-order valence-corrected chi connectivity index (χ0v) is 10.4. The molecule has 3 aromatic rings. The molecule has 0 fully saturated rings. The molecule has 0 amide bonds. The number of nitrogens with one attached hydrogen (secondary N) is 1. The number of thiazole rings is 1. The monoisotopic (exact) mass is 258 g/mol. The van der Waals surface area contributed by atoms with Crippen molar-refractivity contribution in [2.75, 3.05) is 5.32 Å². The van der Waals surface area contributed by atoms with Gasteiger partial charge in [0.15, 0.2) is 10.9 Å². The number of rotatable bonds is 3. The van der Waals surface area contributed by atoms with Crippen LogP contribution in [0.2, 0.25) is 0 Å². The normalized spacial score (nSPS) is 10.5. The number of pyridine rings is 1. The molecule has 0 aromatic carbocycles. The molecule has 3 aromatic heterocycles. The second-order valence-electron chi connectivity index (χ2n) is 3.71. The van der Waals surface area contributed by atoms with Gasteiger partial charge in [0.1, 0.15) is 11.5 Å². The van der Waals surface area contributed by atoms with E-state index < -0.39 is 0 Å². The number of hydrogen-bond acceptors (Lipinski definition) is 6. The molecule has 0 aliphatic heterocycles. The van der Waals surface area contributed by atoms with E-state index in [1.807, 2.05) is 36.6 Å². The fraction of sp³-hybridized carbons (Fsp3) is 0.0833. The van der Waals surface area contributed by atoms with Gasteiger partial charge < -0.3 is 9.84 Å². The highest BCUT2D eigenvalue weighted by Crippen LogP contribution is 2.26. The molecule has 18 heavy (non-hydrogen) atoms. The van der Waals surface area contributed by atoms with E-state index in [1.165, 1.54) is 11.3 Å². The van der Waals surface area contributed by atoms with E-state index in [9.17, 15) is 0 Å². The van der Waals surface area contributed by atoms with Crippen LogP contribution in [0.1, 0.15) is 5.69 Å². The predicted octanol–water partition coefficient (Wildman–Crippen LogP) is 3.25. The van der Waals surface area contributed by atoms with Crippen LogP contribution in [0.3, 0.4) is 0 Å². The van der Waals surface area contributed by atoms with Crippen LogP contribution in [0.4, 0.5) is 10.9 Å². The van der Waals surface area contributed by atoms with Crippen LogP contribution < -0.4 is 5.32 Å². The van der Waals surface area contributed by atoms with Crippen molar-refractivity contribution in [1.82, 2.24) is 15.1 Å². The summed E-state index contributed by atoms with van der Waals surface area (Å²) in [5.41, 5.74) is 1.62. The predicted molar refractivity (Wildman–Crippen MR) is 69.9 cm³/mol. The first-order valence-corrected chi connectivity index (χ1v) is 6.26. The number of anilines is 2. The lowest BCUT2D eigenvalue weighted by Gasteiger charge is -1.98. The summed E-state index contributed by atoms with van der Waals surface area (Å²) in [5.74, 6) is 1.45. The van der Waals surface area contributed by atoms with Crippen LogP contribution in [-0.2, 0) is 0 Å². The average Bonchev–Trinajstić information content (AvgIpc) is 2.99. The maximum absolute atomic E-state index is 5.16. The lowest BCUT2D eigenvalue weighted by Crippen LogP contribution is -1.91. The minimum absolute atomic E-state index is 0.679. The Labute approximate surface area is 108 Å². The minimum atomic E-state index is 0.679. The van der Waals surface area contributed by atoms with Gasteiger partial charge in [0.05, 0.1) is 5.69 Å².